The average molecular weight is 325 g/mol. The zero-order chi connectivity index (χ0) is 18.2. The van der Waals surface area contributed by atoms with Crippen molar-refractivity contribution in [1.29, 1.82) is 0 Å². The van der Waals surface area contributed by atoms with E-state index >= 15 is 0 Å². The summed E-state index contributed by atoms with van der Waals surface area (Å²) in [5.74, 6) is 0. The molecule has 0 saturated carbocycles. The first-order valence-corrected chi connectivity index (χ1v) is 9.35. The maximum atomic E-state index is 3.91. The molecule has 0 N–H and O–H groups in total. The number of aryl methyl sites for hydroxylation is 1. The molecule has 0 atom stereocenters. The lowest BCUT2D eigenvalue weighted by molar-refractivity contribution is 0.769. The molecule has 0 aliphatic carbocycles. The molecule has 0 bridgehead atoms. The van der Waals surface area contributed by atoms with Crippen LogP contribution in [0.1, 0.15) is 64.9 Å². The molecule has 132 valence electrons. The standard InChI is InChI=1S/C14H16.C8H16.C2H4/c1-2-3-6-12-9-10-13-7-4-5-8-14(13)11-12;1-4-6-7-8(3)5-2;1-2/h4-5,7-11H,2-3,6H2,1H3;3-7H2,1-2H3;1-2H2. The van der Waals surface area contributed by atoms with Crippen LogP contribution in [0.15, 0.2) is 67.8 Å². The van der Waals surface area contributed by atoms with E-state index in [9.17, 15) is 0 Å². The van der Waals surface area contributed by atoms with E-state index in [1.165, 1.54) is 60.4 Å². The maximum absolute atomic E-state index is 3.91. The summed E-state index contributed by atoms with van der Waals surface area (Å²) in [5, 5.41) is 2.70. The number of fused-ring (bicyclic) bond motifs is 1. The Hall–Kier alpha value is -1.82. The number of hydrogen-bond donors (Lipinski definition) is 0. The zero-order valence-electron chi connectivity index (χ0n) is 16.1. The van der Waals surface area contributed by atoms with Crippen LogP contribution in [0.3, 0.4) is 0 Å². The van der Waals surface area contributed by atoms with Gasteiger partial charge in [0.2, 0.25) is 0 Å². The van der Waals surface area contributed by atoms with Gasteiger partial charge in [0.15, 0.2) is 0 Å². The highest BCUT2D eigenvalue weighted by molar-refractivity contribution is 5.82. The Morgan fingerprint density at radius 3 is 2.04 bits per heavy atom. The van der Waals surface area contributed by atoms with Crippen molar-refractivity contribution < 1.29 is 0 Å². The van der Waals surface area contributed by atoms with Gasteiger partial charge in [0.25, 0.3) is 0 Å². The first kappa shape index (κ1) is 22.2. The second kappa shape index (κ2) is 14.8. The van der Waals surface area contributed by atoms with Gasteiger partial charge in [-0.1, -0.05) is 88.2 Å². The minimum absolute atomic E-state index is 1.15. The van der Waals surface area contributed by atoms with E-state index < -0.39 is 0 Å². The van der Waals surface area contributed by atoms with Gasteiger partial charge in [-0.3, -0.25) is 0 Å². The Labute approximate surface area is 150 Å². The van der Waals surface area contributed by atoms with Gasteiger partial charge in [-0.2, -0.15) is 0 Å². The number of hydrogen-bond acceptors (Lipinski definition) is 0. The van der Waals surface area contributed by atoms with Gasteiger partial charge in [-0.15, -0.1) is 13.2 Å². The fraction of sp³-hybridized carbons (Fsp3) is 0.417. The summed E-state index contributed by atoms with van der Waals surface area (Å²) < 4.78 is 0. The predicted octanol–water partition coefficient (Wildman–Crippen LogP) is 8.13. The SMILES string of the molecule is C=C.C=C(CC)CCCC.CCCCc1ccc2ccccc2c1. The first-order chi connectivity index (χ1) is 11.7. The van der Waals surface area contributed by atoms with Crippen LogP contribution in [0.2, 0.25) is 0 Å². The summed E-state index contributed by atoms with van der Waals surface area (Å²) in [6.45, 7) is 16.5. The molecule has 2 aromatic carbocycles. The quantitative estimate of drug-likeness (QED) is 0.451. The molecular formula is C24H36. The largest absolute Gasteiger partial charge is 0.106 e. The number of allylic oxidation sites excluding steroid dienone is 1. The molecular weight excluding hydrogens is 288 g/mol. The summed E-state index contributed by atoms with van der Waals surface area (Å²) in [5.41, 5.74) is 2.86. The van der Waals surface area contributed by atoms with E-state index in [4.69, 9.17) is 0 Å². The highest BCUT2D eigenvalue weighted by atomic mass is 14.0. The first-order valence-electron chi connectivity index (χ1n) is 9.35. The molecule has 0 aromatic heterocycles. The van der Waals surface area contributed by atoms with E-state index in [1.54, 1.807) is 0 Å². The highest BCUT2D eigenvalue weighted by Crippen LogP contribution is 2.16. The molecule has 0 radical (unpaired) electrons. The molecule has 0 aliphatic heterocycles. The third-order valence-corrected chi connectivity index (χ3v) is 4.02. The monoisotopic (exact) mass is 324 g/mol. The van der Waals surface area contributed by atoms with Gasteiger partial charge in [0.05, 0.1) is 0 Å². The lowest BCUT2D eigenvalue weighted by Gasteiger charge is -2.02. The van der Waals surface area contributed by atoms with Gasteiger partial charge in [0, 0.05) is 0 Å². The summed E-state index contributed by atoms with van der Waals surface area (Å²) >= 11 is 0. The lowest BCUT2D eigenvalue weighted by Crippen LogP contribution is -1.84. The van der Waals surface area contributed by atoms with Crippen LogP contribution < -0.4 is 0 Å². The van der Waals surface area contributed by atoms with E-state index in [-0.39, 0.29) is 0 Å². The average Bonchev–Trinajstić information content (AvgIpc) is 2.66. The van der Waals surface area contributed by atoms with Crippen molar-refractivity contribution in [2.45, 2.75) is 65.7 Å². The Bertz CT molecular complexity index is 565. The fourth-order valence-electron chi connectivity index (χ4n) is 2.38. The fourth-order valence-corrected chi connectivity index (χ4v) is 2.38. The van der Waals surface area contributed by atoms with Gasteiger partial charge >= 0.3 is 0 Å². The topological polar surface area (TPSA) is 0 Å². The van der Waals surface area contributed by atoms with Crippen molar-refractivity contribution >= 4 is 10.8 Å². The van der Waals surface area contributed by atoms with Crippen LogP contribution >= 0.6 is 0 Å². The van der Waals surface area contributed by atoms with E-state index in [2.05, 4.69) is 83.0 Å². The van der Waals surface area contributed by atoms with Crippen molar-refractivity contribution in [3.8, 4) is 0 Å². The molecule has 0 spiro atoms. The summed E-state index contributed by atoms with van der Waals surface area (Å²) in [6, 6.07) is 15.3. The van der Waals surface area contributed by atoms with Crippen LogP contribution in [0.5, 0.6) is 0 Å². The molecule has 2 aromatic rings. The van der Waals surface area contributed by atoms with Crippen molar-refractivity contribution in [1.82, 2.24) is 0 Å². The van der Waals surface area contributed by atoms with Crippen molar-refractivity contribution in [3.63, 3.8) is 0 Å². The number of benzene rings is 2. The van der Waals surface area contributed by atoms with Gasteiger partial charge in [-0.25, -0.2) is 0 Å². The molecule has 0 saturated heterocycles. The van der Waals surface area contributed by atoms with Gasteiger partial charge in [0.1, 0.15) is 0 Å². The molecule has 0 nitrogen and oxygen atoms in total. The molecule has 0 amide bonds. The second-order valence-corrected chi connectivity index (χ2v) is 5.99. The molecule has 0 heteroatoms. The van der Waals surface area contributed by atoms with Crippen molar-refractivity contribution in [3.05, 3.63) is 73.3 Å². The van der Waals surface area contributed by atoms with Gasteiger partial charge < -0.3 is 0 Å². The maximum Gasteiger partial charge on any atom is -0.0181 e. The molecule has 2 rings (SSSR count). The molecule has 0 aliphatic rings. The minimum Gasteiger partial charge on any atom is -0.106 e. The predicted molar refractivity (Wildman–Crippen MR) is 113 cm³/mol. The molecule has 0 unspecified atom stereocenters. The van der Waals surface area contributed by atoms with Crippen molar-refractivity contribution in [2.75, 3.05) is 0 Å². The Morgan fingerprint density at radius 2 is 1.46 bits per heavy atom. The zero-order valence-corrected chi connectivity index (χ0v) is 16.1. The highest BCUT2D eigenvalue weighted by Gasteiger charge is 1.95. The second-order valence-electron chi connectivity index (χ2n) is 5.99. The van der Waals surface area contributed by atoms with Crippen LogP contribution in [0, 0.1) is 0 Å². The third kappa shape index (κ3) is 9.35. The van der Waals surface area contributed by atoms with E-state index in [1.807, 2.05) is 0 Å². The Balaban J connectivity index is 0.000000456. The smallest absolute Gasteiger partial charge is 0.0181 e. The minimum atomic E-state index is 1.15. The summed E-state index contributed by atoms with van der Waals surface area (Å²) in [6.07, 6.45) is 8.76. The summed E-state index contributed by atoms with van der Waals surface area (Å²) in [4.78, 5) is 0. The Kier molecular flexibility index (Phi) is 13.6. The van der Waals surface area contributed by atoms with E-state index in [0.29, 0.717) is 0 Å². The van der Waals surface area contributed by atoms with Gasteiger partial charge in [-0.05, 0) is 48.4 Å². The molecule has 0 fully saturated rings. The normalized spacial score (nSPS) is 9.46. The molecule has 24 heavy (non-hydrogen) atoms. The molecule has 0 heterocycles. The van der Waals surface area contributed by atoms with Crippen molar-refractivity contribution in [2.24, 2.45) is 0 Å². The van der Waals surface area contributed by atoms with E-state index in [0.717, 1.165) is 6.42 Å². The number of unbranched alkanes of at least 4 members (excludes halogenated alkanes) is 2. The summed E-state index contributed by atoms with van der Waals surface area (Å²) in [7, 11) is 0. The number of rotatable bonds is 7. The Morgan fingerprint density at radius 1 is 0.833 bits per heavy atom. The van der Waals surface area contributed by atoms with Crippen LogP contribution in [0.25, 0.3) is 10.8 Å². The van der Waals surface area contributed by atoms with Crippen LogP contribution in [-0.4, -0.2) is 0 Å². The van der Waals surface area contributed by atoms with Crippen LogP contribution in [-0.2, 0) is 6.42 Å². The lowest BCUT2D eigenvalue weighted by atomic mass is 10.0. The third-order valence-electron chi connectivity index (χ3n) is 4.02. The van der Waals surface area contributed by atoms with Crippen LogP contribution in [0.4, 0.5) is 0 Å².